The van der Waals surface area contributed by atoms with Crippen LogP contribution < -0.4 is 5.32 Å². The van der Waals surface area contributed by atoms with E-state index in [-0.39, 0.29) is 0 Å². The standard InChI is InChI=1S/C18H35NO/c1-3-12-19-18-11-10-15(4-2)14-16(18)7-5-8-17-9-6-13-20-17/h15-19H,3-14H2,1-2H3. The highest BCUT2D eigenvalue weighted by molar-refractivity contribution is 4.84. The van der Waals surface area contributed by atoms with Crippen LogP contribution in [-0.2, 0) is 4.74 Å². The fourth-order valence-electron chi connectivity index (χ4n) is 4.13. The largest absolute Gasteiger partial charge is 0.378 e. The molecular formula is C18H35NO. The quantitative estimate of drug-likeness (QED) is 0.706. The minimum atomic E-state index is 0.586. The van der Waals surface area contributed by atoms with Gasteiger partial charge in [-0.3, -0.25) is 0 Å². The molecule has 0 aromatic carbocycles. The van der Waals surface area contributed by atoms with Gasteiger partial charge in [0.2, 0.25) is 0 Å². The molecule has 4 atom stereocenters. The molecule has 0 spiro atoms. The summed E-state index contributed by atoms with van der Waals surface area (Å²) in [6, 6.07) is 0.794. The number of ether oxygens (including phenoxy) is 1. The molecule has 2 heteroatoms. The maximum atomic E-state index is 5.76. The fourth-order valence-corrected chi connectivity index (χ4v) is 4.13. The molecule has 0 aromatic heterocycles. The van der Waals surface area contributed by atoms with Crippen LogP contribution in [0, 0.1) is 11.8 Å². The molecule has 1 aliphatic carbocycles. The van der Waals surface area contributed by atoms with Gasteiger partial charge in [0.25, 0.3) is 0 Å². The second-order valence-corrected chi connectivity index (χ2v) is 6.97. The van der Waals surface area contributed by atoms with Gasteiger partial charge in [0.1, 0.15) is 0 Å². The van der Waals surface area contributed by atoms with Gasteiger partial charge in [0.05, 0.1) is 6.10 Å². The number of hydrogen-bond acceptors (Lipinski definition) is 2. The van der Waals surface area contributed by atoms with Crippen molar-refractivity contribution in [1.29, 1.82) is 0 Å². The van der Waals surface area contributed by atoms with Crippen molar-refractivity contribution in [2.24, 2.45) is 11.8 Å². The van der Waals surface area contributed by atoms with Crippen LogP contribution in [0.25, 0.3) is 0 Å². The molecule has 118 valence electrons. The summed E-state index contributed by atoms with van der Waals surface area (Å²) in [6.45, 7) is 6.85. The summed E-state index contributed by atoms with van der Waals surface area (Å²) < 4.78 is 5.76. The van der Waals surface area contributed by atoms with Gasteiger partial charge in [0, 0.05) is 12.6 Å². The zero-order chi connectivity index (χ0) is 14.2. The topological polar surface area (TPSA) is 21.3 Å². The van der Waals surface area contributed by atoms with Crippen LogP contribution in [0.3, 0.4) is 0 Å². The van der Waals surface area contributed by atoms with Crippen LogP contribution in [0.1, 0.15) is 78.1 Å². The summed E-state index contributed by atoms with van der Waals surface area (Å²) in [5.41, 5.74) is 0. The van der Waals surface area contributed by atoms with E-state index in [0.717, 1.165) is 24.5 Å². The smallest absolute Gasteiger partial charge is 0.0576 e. The molecule has 2 rings (SSSR count). The number of rotatable bonds is 8. The molecule has 20 heavy (non-hydrogen) atoms. The molecule has 1 heterocycles. The fraction of sp³-hybridized carbons (Fsp3) is 1.00. The van der Waals surface area contributed by atoms with E-state index >= 15 is 0 Å². The molecule has 2 aliphatic rings. The molecular weight excluding hydrogens is 246 g/mol. The van der Waals surface area contributed by atoms with Gasteiger partial charge in [-0.1, -0.05) is 26.7 Å². The van der Waals surface area contributed by atoms with Gasteiger partial charge in [-0.05, 0) is 69.7 Å². The van der Waals surface area contributed by atoms with Gasteiger partial charge in [-0.15, -0.1) is 0 Å². The molecule has 0 bridgehead atoms. The third-order valence-corrected chi connectivity index (χ3v) is 5.45. The summed E-state index contributed by atoms with van der Waals surface area (Å²) in [7, 11) is 0. The summed E-state index contributed by atoms with van der Waals surface area (Å²) in [5.74, 6) is 1.91. The van der Waals surface area contributed by atoms with Crippen molar-refractivity contribution < 1.29 is 4.74 Å². The monoisotopic (exact) mass is 281 g/mol. The van der Waals surface area contributed by atoms with Crippen LogP contribution in [0.5, 0.6) is 0 Å². The van der Waals surface area contributed by atoms with Crippen LogP contribution in [0.15, 0.2) is 0 Å². The second kappa shape index (κ2) is 9.04. The molecule has 0 amide bonds. The minimum Gasteiger partial charge on any atom is -0.378 e. The molecule has 1 saturated carbocycles. The average Bonchev–Trinajstić information content (AvgIpc) is 2.99. The van der Waals surface area contributed by atoms with E-state index in [4.69, 9.17) is 4.74 Å². The summed E-state index contributed by atoms with van der Waals surface area (Å²) in [5, 5.41) is 3.81. The molecule has 0 radical (unpaired) electrons. The summed E-state index contributed by atoms with van der Waals surface area (Å²) in [6.07, 6.45) is 14.2. The van der Waals surface area contributed by atoms with Crippen LogP contribution in [0.4, 0.5) is 0 Å². The van der Waals surface area contributed by atoms with Crippen molar-refractivity contribution in [3.63, 3.8) is 0 Å². The van der Waals surface area contributed by atoms with E-state index in [0.29, 0.717) is 6.10 Å². The molecule has 0 aromatic rings. The molecule has 4 unspecified atom stereocenters. The van der Waals surface area contributed by atoms with Crippen LogP contribution in [-0.4, -0.2) is 25.3 Å². The zero-order valence-electron chi connectivity index (χ0n) is 13.7. The van der Waals surface area contributed by atoms with E-state index in [9.17, 15) is 0 Å². The molecule has 1 N–H and O–H groups in total. The third kappa shape index (κ3) is 5.04. The second-order valence-electron chi connectivity index (χ2n) is 6.97. The van der Waals surface area contributed by atoms with E-state index < -0.39 is 0 Å². The zero-order valence-corrected chi connectivity index (χ0v) is 13.7. The minimum absolute atomic E-state index is 0.586. The molecule has 1 aliphatic heterocycles. The number of nitrogens with one attached hydrogen (secondary N) is 1. The summed E-state index contributed by atoms with van der Waals surface area (Å²) >= 11 is 0. The predicted molar refractivity (Wildman–Crippen MR) is 86.0 cm³/mol. The average molecular weight is 281 g/mol. The van der Waals surface area contributed by atoms with E-state index in [1.165, 1.54) is 70.8 Å². The highest BCUT2D eigenvalue weighted by Crippen LogP contribution is 2.34. The molecule has 1 saturated heterocycles. The van der Waals surface area contributed by atoms with Gasteiger partial charge in [0.15, 0.2) is 0 Å². The Morgan fingerprint density at radius 3 is 2.70 bits per heavy atom. The first-order chi connectivity index (χ1) is 9.83. The Morgan fingerprint density at radius 1 is 1.10 bits per heavy atom. The van der Waals surface area contributed by atoms with Crippen molar-refractivity contribution in [3.8, 4) is 0 Å². The normalized spacial score (nSPS) is 34.5. The van der Waals surface area contributed by atoms with Crippen molar-refractivity contribution in [2.75, 3.05) is 13.2 Å². The lowest BCUT2D eigenvalue weighted by Gasteiger charge is -2.37. The van der Waals surface area contributed by atoms with Crippen molar-refractivity contribution in [1.82, 2.24) is 5.32 Å². The Labute approximate surface area is 126 Å². The Balaban J connectivity index is 1.73. The van der Waals surface area contributed by atoms with Crippen molar-refractivity contribution >= 4 is 0 Å². The predicted octanol–water partition coefficient (Wildman–Crippen LogP) is 4.53. The SMILES string of the molecule is CCCNC1CCC(CC)CC1CCCC1CCCO1. The Bertz CT molecular complexity index is 250. The van der Waals surface area contributed by atoms with Gasteiger partial charge < -0.3 is 10.1 Å². The first-order valence-corrected chi connectivity index (χ1v) is 9.18. The number of hydrogen-bond donors (Lipinski definition) is 1. The summed E-state index contributed by atoms with van der Waals surface area (Å²) in [4.78, 5) is 0. The van der Waals surface area contributed by atoms with Gasteiger partial charge in [-0.2, -0.15) is 0 Å². The van der Waals surface area contributed by atoms with Crippen molar-refractivity contribution in [3.05, 3.63) is 0 Å². The van der Waals surface area contributed by atoms with E-state index in [2.05, 4.69) is 19.2 Å². The Hall–Kier alpha value is -0.0800. The van der Waals surface area contributed by atoms with Gasteiger partial charge in [-0.25, -0.2) is 0 Å². The highest BCUT2D eigenvalue weighted by atomic mass is 16.5. The lowest BCUT2D eigenvalue weighted by Crippen LogP contribution is -2.41. The maximum absolute atomic E-state index is 5.76. The highest BCUT2D eigenvalue weighted by Gasteiger charge is 2.29. The lowest BCUT2D eigenvalue weighted by molar-refractivity contribution is 0.0974. The third-order valence-electron chi connectivity index (χ3n) is 5.45. The van der Waals surface area contributed by atoms with E-state index in [1.807, 2.05) is 0 Å². The molecule has 2 fully saturated rings. The molecule has 2 nitrogen and oxygen atoms in total. The Kier molecular flexibility index (Phi) is 7.37. The maximum Gasteiger partial charge on any atom is 0.0576 e. The Morgan fingerprint density at radius 2 is 2.00 bits per heavy atom. The van der Waals surface area contributed by atoms with Crippen LogP contribution >= 0.6 is 0 Å². The van der Waals surface area contributed by atoms with E-state index in [1.54, 1.807) is 0 Å². The lowest BCUT2D eigenvalue weighted by atomic mass is 9.74. The van der Waals surface area contributed by atoms with Gasteiger partial charge >= 0.3 is 0 Å². The van der Waals surface area contributed by atoms with Crippen molar-refractivity contribution in [2.45, 2.75) is 90.2 Å². The first-order valence-electron chi connectivity index (χ1n) is 9.18. The van der Waals surface area contributed by atoms with Crippen LogP contribution in [0.2, 0.25) is 0 Å². The first kappa shape index (κ1) is 16.3.